The van der Waals surface area contributed by atoms with Crippen LogP contribution in [-0.4, -0.2) is 12.0 Å². The Kier molecular flexibility index (Phi) is 6.05. The molecule has 0 aliphatic rings. The average molecular weight is 332 g/mol. The second-order valence-electron chi connectivity index (χ2n) is 5.80. The van der Waals surface area contributed by atoms with Gasteiger partial charge in [-0.1, -0.05) is 55.8 Å². The van der Waals surface area contributed by atoms with E-state index in [1.54, 1.807) is 6.92 Å². The maximum absolute atomic E-state index is 12.2. The summed E-state index contributed by atoms with van der Waals surface area (Å²) in [5.74, 6) is 0.964. The molecule has 4 heteroatoms. The van der Waals surface area contributed by atoms with Crippen molar-refractivity contribution in [2.45, 2.75) is 39.3 Å². The number of para-hydroxylation sites is 1. The lowest BCUT2D eigenvalue weighted by molar-refractivity contribution is -0.127. The Morgan fingerprint density at radius 3 is 2.39 bits per heavy atom. The summed E-state index contributed by atoms with van der Waals surface area (Å²) in [6.45, 7) is 6.42. The van der Waals surface area contributed by atoms with Crippen LogP contribution < -0.4 is 10.1 Å². The van der Waals surface area contributed by atoms with Crippen molar-refractivity contribution in [2.75, 3.05) is 0 Å². The quantitative estimate of drug-likeness (QED) is 0.843. The fourth-order valence-electron chi connectivity index (χ4n) is 2.24. The first-order chi connectivity index (χ1) is 11.0. The lowest BCUT2D eigenvalue weighted by Gasteiger charge is -2.18. The largest absolute Gasteiger partial charge is 0.481 e. The lowest BCUT2D eigenvalue weighted by atomic mass is 10.0. The molecular weight excluding hydrogens is 310 g/mol. The predicted molar refractivity (Wildman–Crippen MR) is 93.9 cm³/mol. The zero-order valence-corrected chi connectivity index (χ0v) is 14.4. The van der Waals surface area contributed by atoms with Crippen LogP contribution in [-0.2, 0) is 11.3 Å². The topological polar surface area (TPSA) is 38.3 Å². The van der Waals surface area contributed by atoms with Crippen LogP contribution in [0.1, 0.15) is 37.8 Å². The number of hydrogen-bond donors (Lipinski definition) is 1. The van der Waals surface area contributed by atoms with Gasteiger partial charge in [0.05, 0.1) is 0 Å². The van der Waals surface area contributed by atoms with Crippen molar-refractivity contribution in [3.63, 3.8) is 0 Å². The highest BCUT2D eigenvalue weighted by Crippen LogP contribution is 2.26. The van der Waals surface area contributed by atoms with Crippen LogP contribution in [0.3, 0.4) is 0 Å². The van der Waals surface area contributed by atoms with Crippen LogP contribution in [0.4, 0.5) is 0 Å². The third-order valence-corrected chi connectivity index (χ3v) is 3.85. The number of ether oxygens (including phenoxy) is 1. The fraction of sp³-hybridized carbons (Fsp3) is 0.316. The van der Waals surface area contributed by atoms with E-state index in [0.29, 0.717) is 17.5 Å². The molecule has 122 valence electrons. The highest BCUT2D eigenvalue weighted by Gasteiger charge is 2.16. The molecular formula is C19H22ClNO2. The van der Waals surface area contributed by atoms with Crippen molar-refractivity contribution in [3.8, 4) is 5.75 Å². The molecule has 0 saturated carbocycles. The molecule has 0 radical (unpaired) electrons. The number of halogens is 1. The molecule has 0 heterocycles. The minimum atomic E-state index is -0.554. The Morgan fingerprint density at radius 2 is 1.74 bits per heavy atom. The molecule has 2 aromatic rings. The van der Waals surface area contributed by atoms with Gasteiger partial charge in [-0.3, -0.25) is 4.79 Å². The number of rotatable bonds is 6. The van der Waals surface area contributed by atoms with Crippen LogP contribution in [0.5, 0.6) is 5.75 Å². The van der Waals surface area contributed by atoms with E-state index in [0.717, 1.165) is 16.9 Å². The van der Waals surface area contributed by atoms with Crippen LogP contribution >= 0.6 is 11.6 Å². The third-order valence-electron chi connectivity index (χ3n) is 3.59. The summed E-state index contributed by atoms with van der Waals surface area (Å²) in [7, 11) is 0. The van der Waals surface area contributed by atoms with Gasteiger partial charge in [0.1, 0.15) is 5.75 Å². The minimum absolute atomic E-state index is 0.140. The van der Waals surface area contributed by atoms with Gasteiger partial charge in [-0.25, -0.2) is 0 Å². The number of carbonyl (C=O) groups excluding carboxylic acids is 1. The van der Waals surface area contributed by atoms with Crippen LogP contribution in [0.25, 0.3) is 0 Å². The average Bonchev–Trinajstić information content (AvgIpc) is 2.54. The molecule has 23 heavy (non-hydrogen) atoms. The van der Waals surface area contributed by atoms with E-state index in [2.05, 4.69) is 19.2 Å². The number of amides is 1. The van der Waals surface area contributed by atoms with Gasteiger partial charge < -0.3 is 10.1 Å². The summed E-state index contributed by atoms with van der Waals surface area (Å²) in [4.78, 5) is 12.2. The van der Waals surface area contributed by atoms with Gasteiger partial charge in [-0.15, -0.1) is 0 Å². The van der Waals surface area contributed by atoms with E-state index in [1.807, 2.05) is 48.5 Å². The maximum Gasteiger partial charge on any atom is 0.261 e. The van der Waals surface area contributed by atoms with Crippen LogP contribution in [0.2, 0.25) is 5.02 Å². The van der Waals surface area contributed by atoms with Gasteiger partial charge >= 0.3 is 0 Å². The standard InChI is InChI=1S/C19H22ClNO2/c1-13(2)17-6-4-5-7-18(17)23-14(3)19(22)21-12-15-8-10-16(20)11-9-15/h4-11,13-14H,12H2,1-3H3,(H,21,22)/t14-/m0/s1. The SMILES string of the molecule is CC(C)c1ccccc1O[C@@H](C)C(=O)NCc1ccc(Cl)cc1. The molecule has 0 bridgehead atoms. The summed E-state index contributed by atoms with van der Waals surface area (Å²) >= 11 is 5.85. The molecule has 2 aromatic carbocycles. The van der Waals surface area contributed by atoms with Gasteiger partial charge in [0.25, 0.3) is 5.91 Å². The maximum atomic E-state index is 12.2. The Balaban J connectivity index is 1.94. The Hall–Kier alpha value is -2.00. The molecule has 0 aliphatic carbocycles. The summed E-state index contributed by atoms with van der Waals surface area (Å²) in [5.41, 5.74) is 2.10. The molecule has 0 aliphatic heterocycles. The van der Waals surface area contributed by atoms with Gasteiger partial charge in [-0.2, -0.15) is 0 Å². The Morgan fingerprint density at radius 1 is 1.09 bits per heavy atom. The molecule has 3 nitrogen and oxygen atoms in total. The first-order valence-corrected chi connectivity index (χ1v) is 8.13. The molecule has 2 rings (SSSR count). The Labute approximate surface area is 142 Å². The second kappa shape index (κ2) is 8.02. The first kappa shape index (κ1) is 17.4. The van der Waals surface area contributed by atoms with E-state index >= 15 is 0 Å². The van der Waals surface area contributed by atoms with Gasteiger partial charge in [0.2, 0.25) is 0 Å². The zero-order valence-electron chi connectivity index (χ0n) is 13.7. The van der Waals surface area contributed by atoms with E-state index < -0.39 is 6.10 Å². The van der Waals surface area contributed by atoms with Gasteiger partial charge in [-0.05, 0) is 42.2 Å². The van der Waals surface area contributed by atoms with Crippen LogP contribution in [0, 0.1) is 0 Å². The number of hydrogen-bond acceptors (Lipinski definition) is 2. The van der Waals surface area contributed by atoms with Gasteiger partial charge in [0, 0.05) is 11.6 Å². The van der Waals surface area contributed by atoms with Crippen molar-refractivity contribution in [1.29, 1.82) is 0 Å². The van der Waals surface area contributed by atoms with E-state index in [1.165, 1.54) is 0 Å². The first-order valence-electron chi connectivity index (χ1n) is 7.75. The van der Waals surface area contributed by atoms with Gasteiger partial charge in [0.15, 0.2) is 6.10 Å². The summed E-state index contributed by atoms with van der Waals surface area (Å²) in [6.07, 6.45) is -0.554. The van der Waals surface area contributed by atoms with Crippen molar-refractivity contribution in [3.05, 3.63) is 64.7 Å². The molecule has 1 atom stereocenters. The second-order valence-corrected chi connectivity index (χ2v) is 6.23. The molecule has 1 N–H and O–H groups in total. The number of carbonyl (C=O) groups is 1. The molecule has 0 unspecified atom stereocenters. The lowest BCUT2D eigenvalue weighted by Crippen LogP contribution is -2.36. The van der Waals surface area contributed by atoms with E-state index in [4.69, 9.17) is 16.3 Å². The molecule has 1 amide bonds. The molecule has 0 fully saturated rings. The van der Waals surface area contributed by atoms with E-state index in [9.17, 15) is 4.79 Å². The van der Waals surface area contributed by atoms with Crippen molar-refractivity contribution in [1.82, 2.24) is 5.32 Å². The Bertz CT molecular complexity index is 653. The minimum Gasteiger partial charge on any atom is -0.481 e. The van der Waals surface area contributed by atoms with Crippen molar-refractivity contribution in [2.24, 2.45) is 0 Å². The zero-order chi connectivity index (χ0) is 16.8. The predicted octanol–water partition coefficient (Wildman–Crippen LogP) is 4.55. The van der Waals surface area contributed by atoms with Crippen LogP contribution in [0.15, 0.2) is 48.5 Å². The summed E-state index contributed by atoms with van der Waals surface area (Å²) < 4.78 is 5.84. The fourth-order valence-corrected chi connectivity index (χ4v) is 2.37. The molecule has 0 aromatic heterocycles. The van der Waals surface area contributed by atoms with E-state index in [-0.39, 0.29) is 5.91 Å². The summed E-state index contributed by atoms with van der Waals surface area (Å²) in [5, 5.41) is 3.56. The molecule has 0 spiro atoms. The highest BCUT2D eigenvalue weighted by atomic mass is 35.5. The smallest absolute Gasteiger partial charge is 0.261 e. The van der Waals surface area contributed by atoms with Crippen molar-refractivity contribution < 1.29 is 9.53 Å². The summed E-state index contributed by atoms with van der Waals surface area (Å²) in [6, 6.07) is 15.2. The number of benzene rings is 2. The third kappa shape index (κ3) is 5.00. The molecule has 0 saturated heterocycles. The number of nitrogens with one attached hydrogen (secondary N) is 1. The normalized spacial score (nSPS) is 12.0. The van der Waals surface area contributed by atoms with Crippen molar-refractivity contribution >= 4 is 17.5 Å². The monoisotopic (exact) mass is 331 g/mol. The highest BCUT2D eigenvalue weighted by molar-refractivity contribution is 6.30.